The van der Waals surface area contributed by atoms with Crippen LogP contribution in [-0.4, -0.2) is 64.9 Å². The summed E-state index contributed by atoms with van der Waals surface area (Å²) < 4.78 is 28.6. The topological polar surface area (TPSA) is 116 Å². The van der Waals surface area contributed by atoms with Crippen LogP contribution in [0.2, 0.25) is 0 Å². The number of thioether (sulfide) groups is 1. The van der Waals surface area contributed by atoms with Gasteiger partial charge in [-0.3, -0.25) is 0 Å². The molecule has 8 nitrogen and oxygen atoms in total. The van der Waals surface area contributed by atoms with E-state index < -0.39 is 36.0 Å². The van der Waals surface area contributed by atoms with Gasteiger partial charge in [0.15, 0.2) is 33.8 Å². The standard InChI is InChI=1S/C22H23F2N5O3S/c1-2-5-33-22-27-20(26-14-7-11(14)10-3-4-12(23)13(24)6-10)17-21(28-22)29(9-25-17)15-8-16(30)19(32)18(15)31/h3-4,6-7,9,14-16,18-19,30-32H,2,5,8H2,1H3,(H,26,27,28)/t14-,15-,16+,18+,19-/m1/s1. The lowest BCUT2D eigenvalue weighted by molar-refractivity contribution is -0.0244. The SMILES string of the molecule is CCCSc1nc(N[C@@H]2C=C2c2ccc(F)c(F)c2)c2ncn([C@@H]3C[C@H](O)[C@@H](O)[C@H]3O)c2n1. The number of aromatic nitrogens is 4. The number of imidazole rings is 1. The monoisotopic (exact) mass is 475 g/mol. The fourth-order valence-corrected chi connectivity index (χ4v) is 4.80. The van der Waals surface area contributed by atoms with Crippen molar-refractivity contribution in [1.29, 1.82) is 0 Å². The van der Waals surface area contributed by atoms with Crippen LogP contribution in [0.3, 0.4) is 0 Å². The number of hydrogen-bond acceptors (Lipinski definition) is 8. The first kappa shape index (κ1) is 22.2. The number of aliphatic hydroxyl groups excluding tert-OH is 3. The molecule has 0 aliphatic heterocycles. The second kappa shape index (κ2) is 8.64. The fourth-order valence-electron chi connectivity index (χ4n) is 4.11. The Labute approximate surface area is 192 Å². The Balaban J connectivity index is 1.46. The molecule has 5 rings (SSSR count). The van der Waals surface area contributed by atoms with Crippen molar-refractivity contribution in [3.63, 3.8) is 0 Å². The van der Waals surface area contributed by atoms with Crippen LogP contribution in [0, 0.1) is 11.6 Å². The van der Waals surface area contributed by atoms with Gasteiger partial charge in [-0.2, -0.15) is 0 Å². The second-order valence-electron chi connectivity index (χ2n) is 8.25. The van der Waals surface area contributed by atoms with E-state index in [1.165, 1.54) is 24.2 Å². The van der Waals surface area contributed by atoms with Crippen molar-refractivity contribution in [2.75, 3.05) is 11.1 Å². The Kier molecular flexibility index (Phi) is 5.81. The van der Waals surface area contributed by atoms with Crippen molar-refractivity contribution in [3.8, 4) is 0 Å². The molecule has 0 radical (unpaired) electrons. The fraction of sp³-hybridized carbons (Fsp3) is 0.409. The first-order chi connectivity index (χ1) is 15.9. The Morgan fingerprint density at radius 3 is 2.67 bits per heavy atom. The van der Waals surface area contributed by atoms with Crippen LogP contribution in [0.15, 0.2) is 35.8 Å². The molecule has 0 saturated heterocycles. The Bertz CT molecular complexity index is 1240. The molecule has 0 amide bonds. The van der Waals surface area contributed by atoms with Gasteiger partial charge in [0.1, 0.15) is 12.2 Å². The van der Waals surface area contributed by atoms with Gasteiger partial charge >= 0.3 is 0 Å². The minimum absolute atomic E-state index is 0.169. The summed E-state index contributed by atoms with van der Waals surface area (Å²) in [6.45, 7) is 2.05. The molecule has 1 saturated carbocycles. The van der Waals surface area contributed by atoms with Crippen LogP contribution in [0.1, 0.15) is 31.4 Å². The van der Waals surface area contributed by atoms with Gasteiger partial charge in [0.2, 0.25) is 0 Å². The maximum absolute atomic E-state index is 13.6. The Hall–Kier alpha value is -2.60. The molecule has 5 atom stereocenters. The van der Waals surface area contributed by atoms with Crippen molar-refractivity contribution in [3.05, 3.63) is 47.8 Å². The van der Waals surface area contributed by atoms with Gasteiger partial charge < -0.3 is 25.2 Å². The summed E-state index contributed by atoms with van der Waals surface area (Å²) in [4.78, 5) is 13.7. The van der Waals surface area contributed by atoms with E-state index in [1.807, 2.05) is 6.08 Å². The van der Waals surface area contributed by atoms with Gasteiger partial charge in [-0.15, -0.1) is 0 Å². The lowest BCUT2D eigenvalue weighted by Crippen LogP contribution is -2.31. The zero-order chi connectivity index (χ0) is 23.3. The summed E-state index contributed by atoms with van der Waals surface area (Å²) in [6, 6.07) is 2.98. The molecule has 0 spiro atoms. The number of halogens is 2. The van der Waals surface area contributed by atoms with E-state index in [9.17, 15) is 24.1 Å². The van der Waals surface area contributed by atoms with Gasteiger partial charge in [-0.1, -0.05) is 30.8 Å². The molecule has 0 bridgehead atoms. The zero-order valence-electron chi connectivity index (χ0n) is 17.7. The molecular formula is C22H23F2N5O3S. The Morgan fingerprint density at radius 1 is 1.15 bits per heavy atom. The second-order valence-corrected chi connectivity index (χ2v) is 9.31. The number of nitrogens with one attached hydrogen (secondary N) is 1. The maximum atomic E-state index is 13.6. The van der Waals surface area contributed by atoms with Crippen LogP contribution in [0.25, 0.3) is 16.7 Å². The Morgan fingerprint density at radius 2 is 1.97 bits per heavy atom. The molecule has 11 heteroatoms. The molecule has 1 fully saturated rings. The first-order valence-corrected chi connectivity index (χ1v) is 11.7. The van der Waals surface area contributed by atoms with Gasteiger partial charge in [0.05, 0.1) is 24.5 Å². The van der Waals surface area contributed by atoms with E-state index in [0.717, 1.165) is 29.9 Å². The third-order valence-electron chi connectivity index (χ3n) is 5.93. The van der Waals surface area contributed by atoms with Crippen molar-refractivity contribution in [2.24, 2.45) is 0 Å². The van der Waals surface area contributed by atoms with E-state index in [2.05, 4.69) is 27.2 Å². The van der Waals surface area contributed by atoms with Crippen LogP contribution in [-0.2, 0) is 0 Å². The highest BCUT2D eigenvalue weighted by atomic mass is 32.2. The minimum atomic E-state index is -1.24. The van der Waals surface area contributed by atoms with E-state index in [4.69, 9.17) is 0 Å². The van der Waals surface area contributed by atoms with Gasteiger partial charge in [0.25, 0.3) is 0 Å². The lowest BCUT2D eigenvalue weighted by atomic mass is 10.1. The van der Waals surface area contributed by atoms with Crippen LogP contribution in [0.5, 0.6) is 0 Å². The number of benzene rings is 1. The molecule has 174 valence electrons. The average molecular weight is 476 g/mol. The molecule has 3 aromatic rings. The molecular weight excluding hydrogens is 452 g/mol. The van der Waals surface area contributed by atoms with E-state index in [-0.39, 0.29) is 12.5 Å². The van der Waals surface area contributed by atoms with E-state index in [1.54, 1.807) is 4.57 Å². The number of aliphatic hydroxyl groups is 3. The van der Waals surface area contributed by atoms with E-state index >= 15 is 0 Å². The molecule has 2 aliphatic rings. The van der Waals surface area contributed by atoms with Gasteiger partial charge in [0, 0.05) is 5.75 Å². The zero-order valence-corrected chi connectivity index (χ0v) is 18.5. The van der Waals surface area contributed by atoms with Gasteiger partial charge in [-0.25, -0.2) is 23.7 Å². The highest BCUT2D eigenvalue weighted by Gasteiger charge is 2.42. The summed E-state index contributed by atoms with van der Waals surface area (Å²) in [6.07, 6.45) is 1.07. The first-order valence-electron chi connectivity index (χ1n) is 10.7. The molecule has 1 aromatic carbocycles. The number of rotatable bonds is 7. The van der Waals surface area contributed by atoms with Crippen LogP contribution >= 0.6 is 11.8 Å². The number of anilines is 1. The average Bonchev–Trinajstić information content (AvgIpc) is 3.36. The molecule has 2 aliphatic carbocycles. The number of nitrogens with zero attached hydrogens (tertiary/aromatic N) is 4. The smallest absolute Gasteiger partial charge is 0.191 e. The number of hydrogen-bond donors (Lipinski definition) is 4. The molecule has 0 unspecified atom stereocenters. The van der Waals surface area contributed by atoms with Crippen molar-refractivity contribution in [2.45, 2.75) is 55.3 Å². The third-order valence-corrected chi connectivity index (χ3v) is 6.99. The molecule has 2 aromatic heterocycles. The molecule has 4 N–H and O–H groups in total. The molecule has 2 heterocycles. The number of fused-ring (bicyclic) bond motifs is 1. The highest BCUT2D eigenvalue weighted by molar-refractivity contribution is 7.99. The van der Waals surface area contributed by atoms with Crippen LogP contribution < -0.4 is 5.32 Å². The van der Waals surface area contributed by atoms with Crippen molar-refractivity contribution in [1.82, 2.24) is 19.5 Å². The van der Waals surface area contributed by atoms with Crippen molar-refractivity contribution >= 4 is 34.3 Å². The summed E-state index contributed by atoms with van der Waals surface area (Å²) in [7, 11) is 0. The minimum Gasteiger partial charge on any atom is -0.390 e. The third kappa shape index (κ3) is 4.10. The quantitative estimate of drug-likeness (QED) is 0.304. The predicted molar refractivity (Wildman–Crippen MR) is 120 cm³/mol. The summed E-state index contributed by atoms with van der Waals surface area (Å²) in [5.74, 6) is -0.510. The summed E-state index contributed by atoms with van der Waals surface area (Å²) >= 11 is 1.48. The van der Waals surface area contributed by atoms with Crippen molar-refractivity contribution < 1.29 is 24.1 Å². The maximum Gasteiger partial charge on any atom is 0.191 e. The highest BCUT2D eigenvalue weighted by Crippen LogP contribution is 2.38. The normalized spacial score (nSPS) is 26.6. The summed E-state index contributed by atoms with van der Waals surface area (Å²) in [5, 5.41) is 34.2. The predicted octanol–water partition coefficient (Wildman–Crippen LogP) is 2.51. The largest absolute Gasteiger partial charge is 0.390 e. The molecule has 33 heavy (non-hydrogen) atoms. The van der Waals surface area contributed by atoms with Gasteiger partial charge in [-0.05, 0) is 36.1 Å². The summed E-state index contributed by atoms with van der Waals surface area (Å²) in [5.41, 5.74) is 2.36. The lowest BCUT2D eigenvalue weighted by Gasteiger charge is -2.18. The van der Waals surface area contributed by atoms with E-state index in [0.29, 0.717) is 27.7 Å². The van der Waals surface area contributed by atoms with Crippen LogP contribution in [0.4, 0.5) is 14.6 Å².